The number of carbonyl (C=O) groups excluding carboxylic acids is 2. The molecule has 8 nitrogen and oxygen atoms in total. The number of nitrogens with zero attached hydrogens (tertiary/aromatic N) is 2. The van der Waals surface area contributed by atoms with Crippen LogP contribution in [0.2, 0.25) is 0 Å². The predicted molar refractivity (Wildman–Crippen MR) is 112 cm³/mol. The summed E-state index contributed by atoms with van der Waals surface area (Å²) in [6.45, 7) is 0.893. The summed E-state index contributed by atoms with van der Waals surface area (Å²) in [6.07, 6.45) is 4.83. The van der Waals surface area contributed by atoms with E-state index in [2.05, 4.69) is 5.32 Å². The van der Waals surface area contributed by atoms with Gasteiger partial charge in [0.05, 0.1) is 13.2 Å². The lowest BCUT2D eigenvalue weighted by Gasteiger charge is -2.50. The predicted octanol–water partition coefficient (Wildman–Crippen LogP) is 1.99. The highest BCUT2D eigenvalue weighted by molar-refractivity contribution is 5.99. The van der Waals surface area contributed by atoms with Crippen LogP contribution in [-0.4, -0.2) is 45.3 Å². The molecule has 5 rings (SSSR count). The lowest BCUT2D eigenvalue weighted by molar-refractivity contribution is -0.149. The molecule has 9 heteroatoms. The summed E-state index contributed by atoms with van der Waals surface area (Å²) in [4.78, 5) is 40.4. The van der Waals surface area contributed by atoms with Crippen LogP contribution in [0, 0.1) is 11.7 Å². The van der Waals surface area contributed by atoms with Gasteiger partial charge in [0.2, 0.25) is 5.43 Å². The van der Waals surface area contributed by atoms with Crippen molar-refractivity contribution in [1.82, 2.24) is 14.8 Å². The number of rotatable bonds is 3. The number of ether oxygens (including phenoxy) is 1. The molecule has 0 radical (unpaired) electrons. The number of fused-ring (bicyclic) bond motifs is 4. The molecule has 32 heavy (non-hydrogen) atoms. The van der Waals surface area contributed by atoms with Crippen LogP contribution in [0.4, 0.5) is 4.39 Å². The number of carbonyl (C=O) groups is 2. The van der Waals surface area contributed by atoms with Gasteiger partial charge >= 0.3 is 0 Å². The van der Waals surface area contributed by atoms with Crippen LogP contribution < -0.4 is 10.7 Å². The van der Waals surface area contributed by atoms with Gasteiger partial charge in [0.1, 0.15) is 11.4 Å². The van der Waals surface area contributed by atoms with E-state index in [0.717, 1.165) is 25.7 Å². The largest absolute Gasteiger partial charge is 0.503 e. The Morgan fingerprint density at radius 1 is 1.19 bits per heavy atom. The zero-order valence-corrected chi connectivity index (χ0v) is 17.4. The maximum Gasteiger partial charge on any atom is 0.276 e. The van der Waals surface area contributed by atoms with Crippen molar-refractivity contribution in [1.29, 1.82) is 0 Å². The normalized spacial score (nSPS) is 24.3. The number of hydrogen-bond donors (Lipinski definition) is 2. The molecule has 2 N–H and O–H groups in total. The van der Waals surface area contributed by atoms with Gasteiger partial charge in [-0.25, -0.2) is 4.39 Å². The van der Waals surface area contributed by atoms with E-state index < -0.39 is 29.2 Å². The molecule has 2 aromatic rings. The third kappa shape index (κ3) is 3.46. The van der Waals surface area contributed by atoms with Crippen LogP contribution in [0.3, 0.4) is 0 Å². The lowest BCUT2D eigenvalue weighted by Crippen LogP contribution is -2.61. The molecular weight excluding hydrogens is 417 g/mol. The highest BCUT2D eigenvalue weighted by Crippen LogP contribution is 2.38. The minimum absolute atomic E-state index is 0.0388. The molecule has 1 aliphatic carbocycles. The van der Waals surface area contributed by atoms with E-state index in [1.54, 1.807) is 4.90 Å². The minimum Gasteiger partial charge on any atom is -0.503 e. The first-order valence-electron chi connectivity index (χ1n) is 10.9. The highest BCUT2D eigenvalue weighted by Gasteiger charge is 2.46. The molecule has 1 saturated heterocycles. The van der Waals surface area contributed by atoms with E-state index in [9.17, 15) is 23.9 Å². The summed E-state index contributed by atoms with van der Waals surface area (Å²) in [7, 11) is 0. The van der Waals surface area contributed by atoms with Crippen LogP contribution in [0.5, 0.6) is 5.75 Å². The molecule has 0 spiro atoms. The summed E-state index contributed by atoms with van der Waals surface area (Å²) < 4.78 is 20.4. The molecule has 0 bridgehead atoms. The molecule has 1 aromatic carbocycles. The summed E-state index contributed by atoms with van der Waals surface area (Å²) >= 11 is 0. The number of pyridine rings is 1. The Kier molecular flexibility index (Phi) is 5.21. The van der Waals surface area contributed by atoms with Crippen molar-refractivity contribution in [3.05, 3.63) is 63.3 Å². The molecule has 168 valence electrons. The van der Waals surface area contributed by atoms with E-state index in [1.165, 1.54) is 35.0 Å². The molecule has 3 aliphatic rings. The van der Waals surface area contributed by atoms with Crippen molar-refractivity contribution in [3.8, 4) is 5.75 Å². The summed E-state index contributed by atoms with van der Waals surface area (Å²) in [5, 5.41) is 13.2. The molecular formula is C23H24FN3O5. The van der Waals surface area contributed by atoms with Crippen LogP contribution in [-0.2, 0) is 17.8 Å². The van der Waals surface area contributed by atoms with Crippen molar-refractivity contribution in [3.63, 3.8) is 0 Å². The quantitative estimate of drug-likeness (QED) is 0.759. The maximum absolute atomic E-state index is 13.3. The highest BCUT2D eigenvalue weighted by atomic mass is 19.1. The van der Waals surface area contributed by atoms with Crippen molar-refractivity contribution in [2.45, 2.75) is 51.0 Å². The monoisotopic (exact) mass is 441 g/mol. The Labute approximate surface area is 183 Å². The van der Waals surface area contributed by atoms with Crippen molar-refractivity contribution in [2.75, 3.05) is 6.61 Å². The first kappa shape index (κ1) is 20.7. The average Bonchev–Trinajstić information content (AvgIpc) is 2.80. The molecule has 3 heterocycles. The number of amides is 2. The summed E-state index contributed by atoms with van der Waals surface area (Å²) in [5.74, 6) is -1.97. The average molecular weight is 441 g/mol. The zero-order valence-electron chi connectivity index (χ0n) is 17.4. The van der Waals surface area contributed by atoms with Gasteiger partial charge in [0.15, 0.2) is 17.7 Å². The first-order chi connectivity index (χ1) is 15.4. The van der Waals surface area contributed by atoms with Crippen molar-refractivity contribution in [2.24, 2.45) is 5.92 Å². The number of aromatic nitrogens is 1. The minimum atomic E-state index is -0.891. The number of halogens is 1. The fourth-order valence-electron chi connectivity index (χ4n) is 5.05. The lowest BCUT2D eigenvalue weighted by atomic mass is 9.82. The third-order valence-electron chi connectivity index (χ3n) is 6.70. The van der Waals surface area contributed by atoms with Gasteiger partial charge in [-0.15, -0.1) is 0 Å². The summed E-state index contributed by atoms with van der Waals surface area (Å²) in [5.41, 5.74) is -0.597. The Hall–Kier alpha value is -3.20. The number of benzene rings is 1. The first-order valence-corrected chi connectivity index (χ1v) is 10.9. The molecule has 2 amide bonds. The second-order valence-electron chi connectivity index (χ2n) is 8.64. The van der Waals surface area contributed by atoms with Gasteiger partial charge in [-0.1, -0.05) is 25.0 Å². The fourth-order valence-corrected chi connectivity index (χ4v) is 5.05. The SMILES string of the molecule is O=C(NCc1ccc(F)cc1)c1cn2c(c(O)c1=O)C(=O)N1[C@@H]3CCCC[C@H]3CO[C@@H]1C2. The van der Waals surface area contributed by atoms with Gasteiger partial charge in [0, 0.05) is 24.7 Å². The second kappa shape index (κ2) is 8.05. The molecule has 1 saturated carbocycles. The number of aromatic hydroxyl groups is 1. The van der Waals surface area contributed by atoms with Crippen LogP contribution >= 0.6 is 0 Å². The van der Waals surface area contributed by atoms with Crippen molar-refractivity contribution < 1.29 is 23.8 Å². The molecule has 2 aliphatic heterocycles. The van der Waals surface area contributed by atoms with E-state index in [4.69, 9.17) is 4.74 Å². The van der Waals surface area contributed by atoms with Gasteiger partial charge < -0.3 is 24.6 Å². The van der Waals surface area contributed by atoms with Crippen molar-refractivity contribution >= 4 is 11.8 Å². The Morgan fingerprint density at radius 3 is 2.72 bits per heavy atom. The topological polar surface area (TPSA) is 101 Å². The van der Waals surface area contributed by atoms with Crippen LogP contribution in [0.25, 0.3) is 0 Å². The summed E-state index contributed by atoms with van der Waals surface area (Å²) in [6, 6.07) is 5.65. The standard InChI is InChI=1S/C23H24FN3O5/c24-15-7-5-13(6-8-15)9-25-22(30)16-10-26-11-18-27(23(31)19(26)21(29)20(16)28)17-4-2-1-3-14(17)12-32-18/h5-8,10,14,17-18,29H,1-4,9,11-12H2,(H,25,30)/t14-,17+,18+/m0/s1. The molecule has 1 aromatic heterocycles. The molecule has 0 unspecified atom stereocenters. The Bertz CT molecular complexity index is 1130. The smallest absolute Gasteiger partial charge is 0.276 e. The maximum atomic E-state index is 13.3. The Morgan fingerprint density at radius 2 is 1.94 bits per heavy atom. The zero-order chi connectivity index (χ0) is 22.4. The molecule has 3 atom stereocenters. The van der Waals surface area contributed by atoms with Gasteiger partial charge in [-0.3, -0.25) is 14.4 Å². The third-order valence-corrected chi connectivity index (χ3v) is 6.70. The molecule has 2 fully saturated rings. The number of nitrogens with one attached hydrogen (secondary N) is 1. The van der Waals surface area contributed by atoms with E-state index in [1.807, 2.05) is 0 Å². The fraction of sp³-hybridized carbons (Fsp3) is 0.435. The van der Waals surface area contributed by atoms with E-state index in [0.29, 0.717) is 12.2 Å². The van der Waals surface area contributed by atoms with Gasteiger partial charge in [-0.2, -0.15) is 0 Å². The number of hydrogen-bond acceptors (Lipinski definition) is 5. The van der Waals surface area contributed by atoms with E-state index >= 15 is 0 Å². The van der Waals surface area contributed by atoms with Crippen LogP contribution in [0.15, 0.2) is 35.3 Å². The van der Waals surface area contributed by atoms with Gasteiger partial charge in [-0.05, 0) is 30.5 Å². The van der Waals surface area contributed by atoms with Crippen LogP contribution in [0.1, 0.15) is 52.1 Å². The second-order valence-corrected chi connectivity index (χ2v) is 8.64. The Balaban J connectivity index is 1.42. The van der Waals surface area contributed by atoms with Gasteiger partial charge in [0.25, 0.3) is 11.8 Å². The van der Waals surface area contributed by atoms with E-state index in [-0.39, 0.29) is 42.1 Å².